The van der Waals surface area contributed by atoms with Crippen molar-refractivity contribution in [3.05, 3.63) is 62.6 Å². The van der Waals surface area contributed by atoms with Gasteiger partial charge in [-0.15, -0.1) is 0 Å². The molecule has 0 aliphatic rings. The van der Waals surface area contributed by atoms with Gasteiger partial charge in [-0.1, -0.05) is 39.7 Å². The van der Waals surface area contributed by atoms with Crippen LogP contribution in [-0.4, -0.2) is 17.9 Å². The maximum Gasteiger partial charge on any atom is 0.279 e. The zero-order valence-electron chi connectivity index (χ0n) is 14.0. The Kier molecular flexibility index (Phi) is 6.45. The molecule has 0 saturated carbocycles. The minimum Gasteiger partial charge on any atom is -0.480 e. The topological polar surface area (TPSA) is 67.4 Å². The number of aryl methyl sites for hydroxylation is 2. The summed E-state index contributed by atoms with van der Waals surface area (Å²) in [5, 5.41) is 0.305. The summed E-state index contributed by atoms with van der Waals surface area (Å²) in [5.41, 5.74) is 6.77. The van der Waals surface area contributed by atoms with E-state index in [-0.39, 0.29) is 5.56 Å². The van der Waals surface area contributed by atoms with Crippen LogP contribution in [0.5, 0.6) is 5.75 Å². The van der Waals surface area contributed by atoms with Crippen LogP contribution in [0.1, 0.15) is 28.4 Å². The largest absolute Gasteiger partial charge is 0.480 e. The maximum atomic E-state index is 12.2. The van der Waals surface area contributed by atoms with Gasteiger partial charge in [0.15, 0.2) is 6.10 Å². The van der Waals surface area contributed by atoms with Crippen molar-refractivity contribution in [3.8, 4) is 5.75 Å². The van der Waals surface area contributed by atoms with Gasteiger partial charge >= 0.3 is 0 Å². The van der Waals surface area contributed by atoms with Crippen LogP contribution in [-0.2, 0) is 4.79 Å². The van der Waals surface area contributed by atoms with Crippen molar-refractivity contribution in [3.63, 3.8) is 0 Å². The van der Waals surface area contributed by atoms with Crippen molar-refractivity contribution in [2.75, 3.05) is 0 Å². The third-order valence-corrected chi connectivity index (χ3v) is 4.29. The molecule has 1 atom stereocenters. The van der Waals surface area contributed by atoms with E-state index in [1.807, 2.05) is 26.0 Å². The fourth-order valence-electron chi connectivity index (χ4n) is 2.25. The average Bonchev–Trinajstić information content (AvgIpc) is 2.55. The summed E-state index contributed by atoms with van der Waals surface area (Å²) in [6.45, 7) is 5.41. The van der Waals surface area contributed by atoms with Gasteiger partial charge in [0.05, 0.1) is 10.6 Å². The Balaban J connectivity index is 1.97. The van der Waals surface area contributed by atoms with Crippen LogP contribution in [0.4, 0.5) is 0 Å². The van der Waals surface area contributed by atoms with E-state index in [1.54, 1.807) is 31.2 Å². The van der Waals surface area contributed by atoms with Gasteiger partial charge in [0.1, 0.15) is 5.75 Å². The highest BCUT2D eigenvalue weighted by molar-refractivity contribution is 9.10. The Morgan fingerprint density at radius 1 is 1.12 bits per heavy atom. The lowest BCUT2D eigenvalue weighted by molar-refractivity contribution is -0.128. The smallest absolute Gasteiger partial charge is 0.279 e. The minimum atomic E-state index is -0.787. The molecule has 0 aromatic heterocycles. The predicted molar refractivity (Wildman–Crippen MR) is 101 cm³/mol. The lowest BCUT2D eigenvalue weighted by Crippen LogP contribution is -2.47. The summed E-state index contributed by atoms with van der Waals surface area (Å²) in [4.78, 5) is 24.2. The number of hydrogen-bond donors (Lipinski definition) is 2. The average molecular weight is 426 g/mol. The molecule has 2 aromatic rings. The Morgan fingerprint density at radius 2 is 1.72 bits per heavy atom. The molecule has 0 bridgehead atoms. The Morgan fingerprint density at radius 3 is 2.32 bits per heavy atom. The van der Waals surface area contributed by atoms with Crippen molar-refractivity contribution >= 4 is 39.3 Å². The second-order valence-electron chi connectivity index (χ2n) is 5.55. The van der Waals surface area contributed by atoms with E-state index in [4.69, 9.17) is 16.3 Å². The van der Waals surface area contributed by atoms with Crippen molar-refractivity contribution in [1.82, 2.24) is 10.9 Å². The van der Waals surface area contributed by atoms with E-state index in [1.165, 1.54) is 0 Å². The molecule has 0 fully saturated rings. The van der Waals surface area contributed by atoms with Crippen LogP contribution in [0, 0.1) is 13.8 Å². The molecule has 0 radical (unpaired) electrons. The number of hydrazine groups is 1. The van der Waals surface area contributed by atoms with Crippen LogP contribution >= 0.6 is 27.5 Å². The molecule has 0 heterocycles. The van der Waals surface area contributed by atoms with Crippen molar-refractivity contribution in [2.24, 2.45) is 0 Å². The van der Waals surface area contributed by atoms with E-state index in [9.17, 15) is 9.59 Å². The number of halogens is 2. The second kappa shape index (κ2) is 8.36. The van der Waals surface area contributed by atoms with Gasteiger partial charge in [-0.2, -0.15) is 0 Å². The molecule has 0 spiro atoms. The van der Waals surface area contributed by atoms with E-state index < -0.39 is 17.9 Å². The van der Waals surface area contributed by atoms with Gasteiger partial charge in [-0.25, -0.2) is 0 Å². The minimum absolute atomic E-state index is 0.276. The number of nitrogens with one attached hydrogen (secondary N) is 2. The molecule has 25 heavy (non-hydrogen) atoms. The van der Waals surface area contributed by atoms with Gasteiger partial charge in [-0.05, 0) is 56.2 Å². The van der Waals surface area contributed by atoms with Gasteiger partial charge in [-0.3, -0.25) is 20.4 Å². The third-order valence-electron chi connectivity index (χ3n) is 3.51. The molecule has 0 aliphatic heterocycles. The first-order valence-electron chi connectivity index (χ1n) is 7.57. The molecule has 2 N–H and O–H groups in total. The van der Waals surface area contributed by atoms with Gasteiger partial charge in [0.25, 0.3) is 11.8 Å². The zero-order valence-corrected chi connectivity index (χ0v) is 16.4. The number of amides is 2. The SMILES string of the molecule is Cc1cc(Br)cc(C)c1OC(C)C(=O)NNC(=O)c1ccccc1Cl. The lowest BCUT2D eigenvalue weighted by atomic mass is 10.1. The highest BCUT2D eigenvalue weighted by Gasteiger charge is 2.18. The normalized spacial score (nSPS) is 11.6. The summed E-state index contributed by atoms with van der Waals surface area (Å²) in [7, 11) is 0. The maximum absolute atomic E-state index is 12.2. The molecule has 0 aliphatic carbocycles. The third kappa shape index (κ3) is 4.96. The molecule has 0 saturated heterocycles. The zero-order chi connectivity index (χ0) is 18.6. The summed E-state index contributed by atoms with van der Waals surface area (Å²) in [6, 6.07) is 10.4. The summed E-state index contributed by atoms with van der Waals surface area (Å²) in [6.07, 6.45) is -0.787. The van der Waals surface area contributed by atoms with Crippen LogP contribution in [0.2, 0.25) is 5.02 Å². The Bertz CT molecular complexity index is 788. The van der Waals surface area contributed by atoms with Crippen LogP contribution in [0.15, 0.2) is 40.9 Å². The summed E-state index contributed by atoms with van der Waals surface area (Å²) >= 11 is 9.37. The first-order valence-corrected chi connectivity index (χ1v) is 8.75. The van der Waals surface area contributed by atoms with Crippen LogP contribution < -0.4 is 15.6 Å². The number of carbonyl (C=O) groups is 2. The van der Waals surface area contributed by atoms with E-state index in [0.29, 0.717) is 10.8 Å². The van der Waals surface area contributed by atoms with Crippen molar-refractivity contribution in [2.45, 2.75) is 26.9 Å². The van der Waals surface area contributed by atoms with E-state index >= 15 is 0 Å². The van der Waals surface area contributed by atoms with Gasteiger partial charge < -0.3 is 4.74 Å². The number of carbonyl (C=O) groups excluding carboxylic acids is 2. The molecule has 132 valence electrons. The second-order valence-corrected chi connectivity index (χ2v) is 6.87. The molecule has 2 amide bonds. The van der Waals surface area contributed by atoms with E-state index in [0.717, 1.165) is 15.6 Å². The highest BCUT2D eigenvalue weighted by atomic mass is 79.9. The number of rotatable bonds is 4. The van der Waals surface area contributed by atoms with Crippen LogP contribution in [0.25, 0.3) is 0 Å². The van der Waals surface area contributed by atoms with Gasteiger partial charge in [0.2, 0.25) is 0 Å². The Labute approximate surface area is 159 Å². The monoisotopic (exact) mass is 424 g/mol. The van der Waals surface area contributed by atoms with Crippen molar-refractivity contribution in [1.29, 1.82) is 0 Å². The molecular formula is C18H18BrClN2O3. The number of hydrogen-bond acceptors (Lipinski definition) is 3. The predicted octanol–water partition coefficient (Wildman–Crippen LogP) is 3.95. The first-order chi connectivity index (χ1) is 11.8. The van der Waals surface area contributed by atoms with Crippen LogP contribution in [0.3, 0.4) is 0 Å². The van der Waals surface area contributed by atoms with Gasteiger partial charge in [0, 0.05) is 4.47 Å². The molecular weight excluding hydrogens is 408 g/mol. The molecule has 2 rings (SSSR count). The first kappa shape index (κ1) is 19.3. The number of ether oxygens (including phenoxy) is 1. The summed E-state index contributed by atoms with van der Waals surface area (Å²) in [5.74, 6) is -0.326. The fourth-order valence-corrected chi connectivity index (χ4v) is 3.15. The quantitative estimate of drug-likeness (QED) is 0.729. The summed E-state index contributed by atoms with van der Waals surface area (Å²) < 4.78 is 6.69. The Hall–Kier alpha value is -2.05. The highest BCUT2D eigenvalue weighted by Crippen LogP contribution is 2.28. The van der Waals surface area contributed by atoms with Crippen molar-refractivity contribution < 1.29 is 14.3 Å². The standard InChI is InChI=1S/C18H18BrClN2O3/c1-10-8-13(19)9-11(2)16(10)25-12(3)17(23)21-22-18(24)14-6-4-5-7-15(14)20/h4-9,12H,1-3H3,(H,21,23)(H,22,24). The number of benzene rings is 2. The molecule has 1 unspecified atom stereocenters. The molecule has 7 heteroatoms. The molecule has 5 nitrogen and oxygen atoms in total. The molecule has 2 aromatic carbocycles. The van der Waals surface area contributed by atoms with E-state index in [2.05, 4.69) is 26.8 Å². The fraction of sp³-hybridized carbons (Fsp3) is 0.222. The lowest BCUT2D eigenvalue weighted by Gasteiger charge is -2.18.